The predicted octanol–water partition coefficient (Wildman–Crippen LogP) is 5.88. The van der Waals surface area contributed by atoms with Crippen LogP contribution in [0.5, 0.6) is 5.75 Å². The Morgan fingerprint density at radius 3 is 2.52 bits per heavy atom. The summed E-state index contributed by atoms with van der Waals surface area (Å²) in [7, 11) is 1.36. The van der Waals surface area contributed by atoms with Crippen LogP contribution in [0.15, 0.2) is 64.8 Å². The number of nitrogens with zero attached hydrogens (tertiary/aromatic N) is 1. The molecule has 0 saturated heterocycles. The number of Topliss-reactive ketones (excluding diaryl/α,β-unsaturated/α-hetero) is 1. The molecule has 1 aliphatic carbocycles. The summed E-state index contributed by atoms with van der Waals surface area (Å²) in [5.74, 6) is -0.673. The average Bonchev–Trinajstić information content (AvgIpc) is 2.82. The first-order chi connectivity index (χ1) is 15.9. The molecule has 172 valence electrons. The summed E-state index contributed by atoms with van der Waals surface area (Å²) in [5, 5.41) is 0.666. The number of carbonyl (C=O) groups is 2. The van der Waals surface area contributed by atoms with Crippen LogP contribution in [0, 0.1) is 5.92 Å². The van der Waals surface area contributed by atoms with Crippen LogP contribution >= 0.6 is 11.6 Å². The van der Waals surface area contributed by atoms with Crippen LogP contribution in [-0.4, -0.2) is 31.2 Å². The Hall–Kier alpha value is -2.92. The van der Waals surface area contributed by atoms with E-state index in [1.54, 1.807) is 0 Å². The van der Waals surface area contributed by atoms with E-state index in [9.17, 15) is 9.59 Å². The molecule has 0 amide bonds. The third kappa shape index (κ3) is 4.60. The highest BCUT2D eigenvalue weighted by atomic mass is 35.5. The van der Waals surface area contributed by atoms with Crippen LogP contribution in [0.3, 0.4) is 0 Å². The van der Waals surface area contributed by atoms with Gasteiger partial charge in [-0.3, -0.25) is 9.79 Å². The largest absolute Gasteiger partial charge is 0.493 e. The molecule has 0 spiro atoms. The Balaban J connectivity index is 1.79. The molecule has 1 unspecified atom stereocenters. The van der Waals surface area contributed by atoms with E-state index < -0.39 is 17.8 Å². The van der Waals surface area contributed by atoms with Crippen LogP contribution < -0.4 is 4.74 Å². The van der Waals surface area contributed by atoms with Crippen molar-refractivity contribution in [1.29, 1.82) is 0 Å². The summed E-state index contributed by atoms with van der Waals surface area (Å²) >= 11 is 6.05. The summed E-state index contributed by atoms with van der Waals surface area (Å²) in [6.07, 6.45) is 1.89. The van der Waals surface area contributed by atoms with Gasteiger partial charge in [0.25, 0.3) is 0 Å². The zero-order valence-electron chi connectivity index (χ0n) is 19.1. The van der Waals surface area contributed by atoms with Gasteiger partial charge < -0.3 is 9.47 Å². The minimum atomic E-state index is -0.516. The maximum atomic E-state index is 13.6. The van der Waals surface area contributed by atoms with Crippen molar-refractivity contribution in [3.05, 3.63) is 76.0 Å². The fourth-order valence-corrected chi connectivity index (χ4v) is 5.07. The monoisotopic (exact) mass is 465 g/mol. The fourth-order valence-electron chi connectivity index (χ4n) is 4.94. The number of ether oxygens (including phenoxy) is 2. The van der Waals surface area contributed by atoms with Gasteiger partial charge in [0.05, 0.1) is 25.2 Å². The Kier molecular flexibility index (Phi) is 6.99. The van der Waals surface area contributed by atoms with Crippen LogP contribution in [0.1, 0.15) is 56.1 Å². The second kappa shape index (κ2) is 9.92. The molecule has 0 bridgehead atoms. The lowest BCUT2D eigenvalue weighted by molar-refractivity contribution is -0.136. The number of hydrogen-bond donors (Lipinski definition) is 0. The molecular formula is C27H28ClNO4. The highest BCUT2D eigenvalue weighted by Gasteiger charge is 2.46. The topological polar surface area (TPSA) is 65.0 Å². The molecule has 2 aromatic carbocycles. The molecule has 3 atom stereocenters. The van der Waals surface area contributed by atoms with Gasteiger partial charge in [0.1, 0.15) is 11.5 Å². The smallest absolute Gasteiger partial charge is 0.336 e. The van der Waals surface area contributed by atoms with Crippen molar-refractivity contribution >= 4 is 29.1 Å². The van der Waals surface area contributed by atoms with Crippen molar-refractivity contribution in [2.24, 2.45) is 10.9 Å². The third-order valence-corrected chi connectivity index (χ3v) is 6.67. The van der Waals surface area contributed by atoms with E-state index in [0.29, 0.717) is 41.5 Å². The Morgan fingerprint density at radius 2 is 1.82 bits per heavy atom. The molecule has 1 fully saturated rings. The summed E-state index contributed by atoms with van der Waals surface area (Å²) in [4.78, 5) is 31.3. The van der Waals surface area contributed by atoms with Gasteiger partial charge in [0.2, 0.25) is 0 Å². The number of hydrogen-bond acceptors (Lipinski definition) is 5. The maximum absolute atomic E-state index is 13.6. The fraction of sp³-hybridized carbons (Fsp3) is 0.370. The van der Waals surface area contributed by atoms with Crippen molar-refractivity contribution < 1.29 is 19.1 Å². The molecule has 6 heteroatoms. The highest BCUT2D eigenvalue weighted by Crippen LogP contribution is 2.48. The molecule has 1 heterocycles. The van der Waals surface area contributed by atoms with Gasteiger partial charge in [-0.15, -0.1) is 0 Å². The number of allylic oxidation sites excluding steroid dienone is 1. The SMILES string of the molecule is CCCOc1ccccc1[C@H]1C(C(=O)OC)=C(C)N=C2C[C@@H](c3ccc(Cl)cc3)CC(=O)C21. The lowest BCUT2D eigenvalue weighted by Gasteiger charge is -2.38. The first-order valence-electron chi connectivity index (χ1n) is 11.3. The lowest BCUT2D eigenvalue weighted by atomic mass is 9.66. The van der Waals surface area contributed by atoms with Crippen molar-refractivity contribution in [3.63, 3.8) is 0 Å². The number of esters is 1. The summed E-state index contributed by atoms with van der Waals surface area (Å²) in [6.45, 7) is 4.41. The number of para-hydroxylation sites is 1. The number of methoxy groups -OCH3 is 1. The molecule has 2 aliphatic rings. The molecule has 0 radical (unpaired) electrons. The Labute approximate surface area is 199 Å². The first-order valence-corrected chi connectivity index (χ1v) is 11.7. The zero-order chi connectivity index (χ0) is 23.5. The molecule has 0 N–H and O–H groups in total. The van der Waals surface area contributed by atoms with Gasteiger partial charge in [0.15, 0.2) is 0 Å². The maximum Gasteiger partial charge on any atom is 0.336 e. The van der Waals surface area contributed by atoms with E-state index in [1.807, 2.05) is 62.4 Å². The minimum Gasteiger partial charge on any atom is -0.493 e. The van der Waals surface area contributed by atoms with Crippen LogP contribution in [0.4, 0.5) is 0 Å². The molecule has 5 nitrogen and oxygen atoms in total. The van der Waals surface area contributed by atoms with E-state index in [-0.39, 0.29) is 11.7 Å². The van der Waals surface area contributed by atoms with Crippen molar-refractivity contribution in [2.75, 3.05) is 13.7 Å². The predicted molar refractivity (Wildman–Crippen MR) is 129 cm³/mol. The second-order valence-corrected chi connectivity index (χ2v) is 8.99. The number of rotatable bonds is 6. The van der Waals surface area contributed by atoms with Crippen molar-refractivity contribution in [1.82, 2.24) is 0 Å². The summed E-state index contributed by atoms with van der Waals surface area (Å²) < 4.78 is 11.1. The summed E-state index contributed by atoms with van der Waals surface area (Å²) in [6, 6.07) is 15.3. The zero-order valence-corrected chi connectivity index (χ0v) is 19.9. The Morgan fingerprint density at radius 1 is 1.09 bits per heavy atom. The summed E-state index contributed by atoms with van der Waals surface area (Å²) in [5.41, 5.74) is 3.72. The van der Waals surface area contributed by atoms with Gasteiger partial charge in [-0.2, -0.15) is 0 Å². The van der Waals surface area contributed by atoms with Gasteiger partial charge in [-0.25, -0.2) is 4.79 Å². The normalized spacial score (nSPS) is 22.5. The molecule has 4 rings (SSSR count). The lowest BCUT2D eigenvalue weighted by Crippen LogP contribution is -2.41. The van der Waals surface area contributed by atoms with Gasteiger partial charge >= 0.3 is 5.97 Å². The average molecular weight is 466 g/mol. The van der Waals surface area contributed by atoms with Crippen molar-refractivity contribution in [3.8, 4) is 5.75 Å². The second-order valence-electron chi connectivity index (χ2n) is 8.56. The molecule has 0 aromatic heterocycles. The van der Waals surface area contributed by atoms with E-state index in [1.165, 1.54) is 7.11 Å². The van der Waals surface area contributed by atoms with Gasteiger partial charge in [0, 0.05) is 34.3 Å². The molecule has 1 aliphatic heterocycles. The number of ketones is 1. The van der Waals surface area contributed by atoms with Gasteiger partial charge in [-0.1, -0.05) is 48.9 Å². The number of carbonyl (C=O) groups excluding carboxylic acids is 2. The number of fused-ring (bicyclic) bond motifs is 1. The number of halogens is 1. The van der Waals surface area contributed by atoms with E-state index in [2.05, 4.69) is 0 Å². The van der Waals surface area contributed by atoms with E-state index in [0.717, 1.165) is 23.3 Å². The van der Waals surface area contributed by atoms with E-state index >= 15 is 0 Å². The van der Waals surface area contributed by atoms with E-state index in [4.69, 9.17) is 26.1 Å². The third-order valence-electron chi connectivity index (χ3n) is 6.42. The minimum absolute atomic E-state index is 0.0319. The Bertz CT molecular complexity index is 1120. The molecule has 33 heavy (non-hydrogen) atoms. The first kappa shape index (κ1) is 23.2. The number of benzene rings is 2. The quantitative estimate of drug-likeness (QED) is 0.500. The van der Waals surface area contributed by atoms with Gasteiger partial charge in [-0.05, 0) is 49.4 Å². The van der Waals surface area contributed by atoms with Crippen LogP contribution in [0.25, 0.3) is 0 Å². The van der Waals surface area contributed by atoms with Crippen molar-refractivity contribution in [2.45, 2.75) is 44.9 Å². The molecular weight excluding hydrogens is 438 g/mol. The molecule has 2 aromatic rings. The molecule has 1 saturated carbocycles. The number of aliphatic imine (C=N–C) groups is 1. The standard InChI is InChI=1S/C27H28ClNO4/c1-4-13-33-23-8-6-5-7-20(23)25-24(27(31)32-3)16(2)29-21-14-18(15-22(30)26(21)25)17-9-11-19(28)12-10-17/h5-12,18,25-26H,4,13-15H2,1-3H3/t18-,25+,26?/m1/s1. The van der Waals surface area contributed by atoms with Crippen LogP contribution in [0.2, 0.25) is 5.02 Å². The van der Waals surface area contributed by atoms with Crippen LogP contribution in [-0.2, 0) is 14.3 Å². The highest BCUT2D eigenvalue weighted by molar-refractivity contribution is 6.30.